The Morgan fingerprint density at radius 2 is 1.85 bits per heavy atom. The number of hydrogen-bond acceptors (Lipinski definition) is 8. The van der Waals surface area contributed by atoms with Crippen LogP contribution in [0.4, 0.5) is 0 Å². The fourth-order valence-corrected chi connectivity index (χ4v) is 7.02. The summed E-state index contributed by atoms with van der Waals surface area (Å²) in [6.07, 6.45) is 5.81. The highest BCUT2D eigenvalue weighted by atomic mass is 16.6. The molecule has 3 aliphatic rings. The van der Waals surface area contributed by atoms with E-state index in [-0.39, 0.29) is 24.0 Å². The summed E-state index contributed by atoms with van der Waals surface area (Å²) in [5.41, 5.74) is 0.329. The summed E-state index contributed by atoms with van der Waals surface area (Å²) in [5, 5.41) is 10.3. The third-order valence-corrected chi connectivity index (χ3v) is 9.25. The van der Waals surface area contributed by atoms with Crippen LogP contribution in [0.5, 0.6) is 5.75 Å². The molecule has 0 bridgehead atoms. The van der Waals surface area contributed by atoms with Gasteiger partial charge in [-0.15, -0.1) is 0 Å². The van der Waals surface area contributed by atoms with E-state index in [1.807, 2.05) is 0 Å². The van der Waals surface area contributed by atoms with Crippen molar-refractivity contribution in [2.45, 2.75) is 65.1 Å². The molecule has 1 aliphatic heterocycles. The van der Waals surface area contributed by atoms with Crippen molar-refractivity contribution in [2.75, 3.05) is 13.7 Å². The number of esters is 3. The number of ether oxygens (including phenoxy) is 4. The Hall–Kier alpha value is -3.88. The van der Waals surface area contributed by atoms with Gasteiger partial charge in [0.05, 0.1) is 12.7 Å². The van der Waals surface area contributed by atoms with Crippen LogP contribution >= 0.6 is 0 Å². The molecule has 0 aromatic heterocycles. The lowest BCUT2D eigenvalue weighted by atomic mass is 9.46. The molecule has 1 N–H and O–H groups in total. The van der Waals surface area contributed by atoms with Crippen molar-refractivity contribution < 1.29 is 43.2 Å². The van der Waals surface area contributed by atoms with Gasteiger partial charge in [0.1, 0.15) is 23.9 Å². The maximum Gasteiger partial charge on any atom is 0.337 e. The van der Waals surface area contributed by atoms with Gasteiger partial charge in [0.25, 0.3) is 0 Å². The van der Waals surface area contributed by atoms with Gasteiger partial charge < -0.3 is 24.1 Å². The summed E-state index contributed by atoms with van der Waals surface area (Å²) in [7, 11) is 1.57. The zero-order valence-electron chi connectivity index (χ0n) is 24.0. The molecule has 9 heteroatoms. The first-order chi connectivity index (χ1) is 19.4. The lowest BCUT2D eigenvalue weighted by Gasteiger charge is -2.59. The standard InChI is InChI=1S/C32H38O9/c1-19-6-14-26-31(3,17-16-27(40-20(2)33)32(26,4)30(36)37)24(19)13-12-23-25(18-39-29(23)35)41-28(34)15-9-21-7-10-22(38-5)11-8-21/h7-12,15,24-27H,1,6,13-14,16-18H2,2-5H3,(H,36,37)/b15-9+,23-12+/t24-,25-,26+,27-,31+,32+/m1/s1. The molecule has 1 heterocycles. The topological polar surface area (TPSA) is 125 Å². The van der Waals surface area contributed by atoms with Crippen molar-refractivity contribution in [1.82, 2.24) is 0 Å². The highest BCUT2D eigenvalue weighted by Gasteiger charge is 2.62. The minimum absolute atomic E-state index is 0.0700. The van der Waals surface area contributed by atoms with E-state index in [1.54, 1.807) is 50.5 Å². The predicted octanol–water partition coefficient (Wildman–Crippen LogP) is 4.90. The van der Waals surface area contributed by atoms with Gasteiger partial charge in [-0.05, 0) is 80.1 Å². The monoisotopic (exact) mass is 566 g/mol. The van der Waals surface area contributed by atoms with Crippen LogP contribution in [0.1, 0.15) is 58.4 Å². The van der Waals surface area contributed by atoms with Gasteiger partial charge in [0.2, 0.25) is 0 Å². The van der Waals surface area contributed by atoms with Crippen LogP contribution in [0.2, 0.25) is 0 Å². The number of allylic oxidation sites excluding steroid dienone is 2. The number of carbonyl (C=O) groups is 4. The Kier molecular flexibility index (Phi) is 8.75. The van der Waals surface area contributed by atoms with E-state index in [9.17, 15) is 24.3 Å². The first kappa shape index (κ1) is 30.1. The SMILES string of the molecule is C=C1CC[C@H]2[C@@](C)(CC[C@@H](OC(C)=O)[C@@]2(C)C(=O)O)[C@@H]1C/C=C1/C(=O)OC[C@H]1OC(=O)/C=C/c1ccc(OC)cc1. The molecule has 0 unspecified atom stereocenters. The van der Waals surface area contributed by atoms with E-state index in [1.165, 1.54) is 13.0 Å². The van der Waals surface area contributed by atoms with Crippen LogP contribution in [0.3, 0.4) is 0 Å². The van der Waals surface area contributed by atoms with Gasteiger partial charge >= 0.3 is 23.9 Å². The zero-order chi connectivity index (χ0) is 29.9. The Morgan fingerprint density at radius 1 is 1.15 bits per heavy atom. The maximum absolute atomic E-state index is 12.6. The Bertz CT molecular complexity index is 1280. The fourth-order valence-electron chi connectivity index (χ4n) is 7.02. The first-order valence-corrected chi connectivity index (χ1v) is 13.9. The third-order valence-electron chi connectivity index (χ3n) is 9.25. The highest BCUT2D eigenvalue weighted by molar-refractivity contribution is 5.93. The smallest absolute Gasteiger partial charge is 0.337 e. The number of carbonyl (C=O) groups excluding carboxylic acids is 3. The van der Waals surface area contributed by atoms with Gasteiger partial charge in [-0.25, -0.2) is 9.59 Å². The second kappa shape index (κ2) is 11.9. The van der Waals surface area contributed by atoms with Crippen molar-refractivity contribution in [1.29, 1.82) is 0 Å². The van der Waals surface area contributed by atoms with Crippen LogP contribution in [0, 0.1) is 22.7 Å². The number of cyclic esters (lactones) is 1. The van der Waals surface area contributed by atoms with Crippen molar-refractivity contribution >= 4 is 30.0 Å². The highest BCUT2D eigenvalue weighted by Crippen LogP contribution is 2.62. The summed E-state index contributed by atoms with van der Waals surface area (Å²) in [6, 6.07) is 7.16. The second-order valence-electron chi connectivity index (χ2n) is 11.6. The van der Waals surface area contributed by atoms with Crippen LogP contribution in [0.15, 0.2) is 54.1 Å². The van der Waals surface area contributed by atoms with Gasteiger partial charge in [0, 0.05) is 13.0 Å². The summed E-state index contributed by atoms with van der Waals surface area (Å²) in [6.45, 7) is 9.29. The number of carboxylic acids is 1. The van der Waals surface area contributed by atoms with Crippen molar-refractivity contribution in [3.8, 4) is 5.75 Å². The molecule has 0 radical (unpaired) electrons. The molecule has 6 atom stereocenters. The van der Waals surface area contributed by atoms with Crippen LogP contribution < -0.4 is 4.74 Å². The molecule has 1 saturated heterocycles. The van der Waals surface area contributed by atoms with Crippen molar-refractivity contribution in [3.05, 3.63) is 59.7 Å². The molecular formula is C32H38O9. The minimum atomic E-state index is -1.26. The molecule has 1 aromatic carbocycles. The summed E-state index contributed by atoms with van der Waals surface area (Å²) >= 11 is 0. The van der Waals surface area contributed by atoms with E-state index in [0.29, 0.717) is 37.9 Å². The number of carboxylic acid groups (broad SMARTS) is 1. The maximum atomic E-state index is 12.6. The molecule has 9 nitrogen and oxygen atoms in total. The molecule has 1 aromatic rings. The van der Waals surface area contributed by atoms with E-state index >= 15 is 0 Å². The fraction of sp³-hybridized carbons (Fsp3) is 0.500. The number of methoxy groups -OCH3 is 1. The average molecular weight is 567 g/mol. The molecule has 41 heavy (non-hydrogen) atoms. The number of aliphatic carboxylic acids is 1. The molecular weight excluding hydrogens is 528 g/mol. The van der Waals surface area contributed by atoms with Crippen LogP contribution in [-0.2, 0) is 33.4 Å². The summed E-state index contributed by atoms with van der Waals surface area (Å²) in [5.74, 6) is -2.32. The average Bonchev–Trinajstić information content (AvgIpc) is 3.27. The minimum Gasteiger partial charge on any atom is -0.497 e. The molecule has 2 aliphatic carbocycles. The van der Waals surface area contributed by atoms with Gasteiger partial charge in [-0.2, -0.15) is 0 Å². The number of hydrogen-bond donors (Lipinski definition) is 1. The lowest BCUT2D eigenvalue weighted by Crippen LogP contribution is -2.60. The van der Waals surface area contributed by atoms with Gasteiger partial charge in [-0.1, -0.05) is 37.3 Å². The molecule has 2 saturated carbocycles. The van der Waals surface area contributed by atoms with Crippen molar-refractivity contribution in [2.24, 2.45) is 22.7 Å². The number of benzene rings is 1. The molecule has 220 valence electrons. The molecule has 3 fully saturated rings. The first-order valence-electron chi connectivity index (χ1n) is 13.9. The van der Waals surface area contributed by atoms with Crippen LogP contribution in [-0.4, -0.2) is 54.9 Å². The normalized spacial score (nSPS) is 32.3. The van der Waals surface area contributed by atoms with E-state index in [4.69, 9.17) is 18.9 Å². The predicted molar refractivity (Wildman–Crippen MR) is 150 cm³/mol. The van der Waals surface area contributed by atoms with Gasteiger partial charge in [0.15, 0.2) is 6.10 Å². The Balaban J connectivity index is 1.51. The Labute approximate surface area is 240 Å². The zero-order valence-corrected chi connectivity index (χ0v) is 24.0. The summed E-state index contributed by atoms with van der Waals surface area (Å²) in [4.78, 5) is 49.6. The summed E-state index contributed by atoms with van der Waals surface area (Å²) < 4.78 is 21.4. The molecule has 0 spiro atoms. The van der Waals surface area contributed by atoms with Gasteiger partial charge in [-0.3, -0.25) is 9.59 Å². The molecule has 4 rings (SSSR count). The number of rotatable bonds is 8. The third kappa shape index (κ3) is 5.94. The second-order valence-corrected chi connectivity index (χ2v) is 11.6. The van der Waals surface area contributed by atoms with E-state index in [0.717, 1.165) is 11.1 Å². The molecule has 0 amide bonds. The van der Waals surface area contributed by atoms with Crippen LogP contribution in [0.25, 0.3) is 6.08 Å². The quantitative estimate of drug-likeness (QED) is 0.202. The largest absolute Gasteiger partial charge is 0.497 e. The van der Waals surface area contributed by atoms with E-state index in [2.05, 4.69) is 13.5 Å². The van der Waals surface area contributed by atoms with Crippen molar-refractivity contribution in [3.63, 3.8) is 0 Å². The Morgan fingerprint density at radius 3 is 2.49 bits per heavy atom. The van der Waals surface area contributed by atoms with E-state index < -0.39 is 46.9 Å². The number of fused-ring (bicyclic) bond motifs is 1. The lowest BCUT2D eigenvalue weighted by molar-refractivity contribution is -0.194.